The van der Waals surface area contributed by atoms with E-state index in [1.54, 1.807) is 19.9 Å². The Morgan fingerprint density at radius 2 is 1.81 bits per heavy atom. The van der Waals surface area contributed by atoms with Gasteiger partial charge in [-0.1, -0.05) is 31.5 Å². The second-order valence-electron chi connectivity index (χ2n) is 6.24. The van der Waals surface area contributed by atoms with Gasteiger partial charge in [-0.15, -0.1) is 0 Å². The molecule has 142 valence electrons. The third kappa shape index (κ3) is 3.40. The molecule has 0 aliphatic carbocycles. The van der Waals surface area contributed by atoms with E-state index in [-0.39, 0.29) is 21.3 Å². The van der Waals surface area contributed by atoms with Gasteiger partial charge in [0.05, 0.1) is 10.7 Å². The average Bonchev–Trinajstić information content (AvgIpc) is 2.97. The molecule has 0 unspecified atom stereocenters. The van der Waals surface area contributed by atoms with Gasteiger partial charge in [0.25, 0.3) is 0 Å². The van der Waals surface area contributed by atoms with Gasteiger partial charge in [0, 0.05) is 30.4 Å². The number of aryl methyl sites for hydroxylation is 1. The van der Waals surface area contributed by atoms with Gasteiger partial charge in [-0.3, -0.25) is 4.79 Å². The van der Waals surface area contributed by atoms with E-state index in [4.69, 9.17) is 11.6 Å². The fourth-order valence-electron chi connectivity index (χ4n) is 3.23. The van der Waals surface area contributed by atoms with Crippen LogP contribution in [0.5, 0.6) is 0 Å². The first kappa shape index (κ1) is 19.6. The molecule has 0 spiro atoms. The first-order chi connectivity index (χ1) is 12.8. The van der Waals surface area contributed by atoms with Crippen LogP contribution in [0.15, 0.2) is 53.6 Å². The van der Waals surface area contributed by atoms with Crippen LogP contribution < -0.4 is 0 Å². The summed E-state index contributed by atoms with van der Waals surface area (Å²) in [6.07, 6.45) is 1.82. The molecule has 7 heteroatoms. The molecule has 3 rings (SSSR count). The Labute approximate surface area is 164 Å². The second kappa shape index (κ2) is 7.46. The Balaban J connectivity index is 2.13. The van der Waals surface area contributed by atoms with Crippen molar-refractivity contribution in [3.05, 3.63) is 70.5 Å². The number of sulfonamides is 1. The molecular weight excluding hydrogens is 384 g/mol. The number of pyridine rings is 1. The lowest BCUT2D eigenvalue weighted by Crippen LogP contribution is -2.31. The molecule has 27 heavy (non-hydrogen) atoms. The molecule has 0 fully saturated rings. The van der Waals surface area contributed by atoms with Gasteiger partial charge in [0.2, 0.25) is 15.8 Å². The topological polar surface area (TPSA) is 58.9 Å². The van der Waals surface area contributed by atoms with Crippen molar-refractivity contribution >= 4 is 32.9 Å². The molecule has 3 aromatic rings. The zero-order valence-electron chi connectivity index (χ0n) is 15.4. The number of carbonyl (C=O) groups is 1. The molecule has 1 aromatic carbocycles. The highest BCUT2D eigenvalue weighted by Gasteiger charge is 2.26. The predicted molar refractivity (Wildman–Crippen MR) is 107 cm³/mol. The lowest BCUT2D eigenvalue weighted by Gasteiger charge is -2.19. The monoisotopic (exact) mass is 404 g/mol. The summed E-state index contributed by atoms with van der Waals surface area (Å²) in [6, 6.07) is 12.0. The number of nitrogens with zero attached hydrogens (tertiary/aromatic N) is 2. The van der Waals surface area contributed by atoms with Crippen LogP contribution in [0.3, 0.4) is 0 Å². The number of carbonyl (C=O) groups excluding carboxylic acids is 1. The van der Waals surface area contributed by atoms with Gasteiger partial charge >= 0.3 is 0 Å². The van der Waals surface area contributed by atoms with Crippen LogP contribution in [0, 0.1) is 6.92 Å². The maximum Gasteiger partial charge on any atom is 0.244 e. The summed E-state index contributed by atoms with van der Waals surface area (Å²) in [6.45, 7) is 6.05. The van der Waals surface area contributed by atoms with Crippen LogP contribution >= 0.6 is 11.6 Å². The van der Waals surface area contributed by atoms with E-state index in [0.29, 0.717) is 18.8 Å². The van der Waals surface area contributed by atoms with Crippen molar-refractivity contribution in [3.8, 4) is 0 Å². The molecule has 2 heterocycles. The fourth-order valence-corrected chi connectivity index (χ4v) is 5.19. The Bertz CT molecular complexity index is 1120. The second-order valence-corrected chi connectivity index (χ2v) is 8.55. The van der Waals surface area contributed by atoms with Gasteiger partial charge in [-0.2, -0.15) is 4.31 Å². The van der Waals surface area contributed by atoms with Crippen molar-refractivity contribution in [1.82, 2.24) is 8.71 Å². The summed E-state index contributed by atoms with van der Waals surface area (Å²) in [7, 11) is -3.77. The number of hydrogen-bond donors (Lipinski definition) is 0. The molecule has 0 saturated carbocycles. The molecule has 2 aromatic heterocycles. The maximum absolute atomic E-state index is 13.2. The van der Waals surface area contributed by atoms with E-state index < -0.39 is 10.0 Å². The van der Waals surface area contributed by atoms with Crippen LogP contribution in [-0.4, -0.2) is 36.0 Å². The van der Waals surface area contributed by atoms with Crippen LogP contribution in [0.2, 0.25) is 5.02 Å². The number of halogens is 1. The Morgan fingerprint density at radius 1 is 1.11 bits per heavy atom. The lowest BCUT2D eigenvalue weighted by atomic mass is 10.1. The zero-order valence-corrected chi connectivity index (χ0v) is 17.0. The summed E-state index contributed by atoms with van der Waals surface area (Å²) in [5, 5.41) is 0.107. The van der Waals surface area contributed by atoms with Crippen molar-refractivity contribution in [2.24, 2.45) is 0 Å². The Hall–Kier alpha value is -2.15. The zero-order chi connectivity index (χ0) is 19.8. The van der Waals surface area contributed by atoms with Gasteiger partial charge in [-0.25, -0.2) is 8.42 Å². The minimum atomic E-state index is -3.77. The van der Waals surface area contributed by atoms with E-state index >= 15 is 0 Å². The van der Waals surface area contributed by atoms with E-state index in [0.717, 1.165) is 11.1 Å². The van der Waals surface area contributed by atoms with Crippen molar-refractivity contribution in [2.75, 3.05) is 13.1 Å². The van der Waals surface area contributed by atoms with Crippen LogP contribution in [0.4, 0.5) is 0 Å². The number of fused-ring (bicyclic) bond motifs is 1. The maximum atomic E-state index is 13.2. The Morgan fingerprint density at radius 3 is 2.48 bits per heavy atom. The number of hydrogen-bond acceptors (Lipinski definition) is 3. The number of rotatable bonds is 6. The molecular formula is C20H21ClN2O3S. The summed E-state index contributed by atoms with van der Waals surface area (Å²) in [4.78, 5) is 13.1. The van der Waals surface area contributed by atoms with Gasteiger partial charge < -0.3 is 4.40 Å². The number of benzene rings is 1. The SMILES string of the molecule is CCN(CC)S(=O)(=O)c1cc(C(=O)c2c(C)cc3ccccn23)ccc1Cl. The minimum Gasteiger partial charge on any atom is -0.313 e. The molecule has 0 radical (unpaired) electrons. The summed E-state index contributed by atoms with van der Waals surface area (Å²) in [5.74, 6) is -0.244. The molecule has 0 amide bonds. The summed E-state index contributed by atoms with van der Waals surface area (Å²) in [5.41, 5.74) is 2.54. The molecule has 5 nitrogen and oxygen atoms in total. The molecule has 0 saturated heterocycles. The standard InChI is InChI=1S/C20H21ClN2O3S/c1-4-22(5-2)27(25,26)18-13-15(9-10-17(18)21)20(24)19-14(3)12-16-8-6-7-11-23(16)19/h6-13H,4-5H2,1-3H3. The highest BCUT2D eigenvalue weighted by atomic mass is 35.5. The molecule has 0 bridgehead atoms. The quantitative estimate of drug-likeness (QED) is 0.579. The van der Waals surface area contributed by atoms with E-state index in [2.05, 4.69) is 0 Å². The van der Waals surface area contributed by atoms with Crippen molar-refractivity contribution in [1.29, 1.82) is 0 Å². The predicted octanol–water partition coefficient (Wildman–Crippen LogP) is 4.16. The van der Waals surface area contributed by atoms with Gasteiger partial charge in [-0.05, 0) is 48.9 Å². The van der Waals surface area contributed by atoms with E-state index in [9.17, 15) is 13.2 Å². The third-order valence-corrected chi connectivity index (χ3v) is 7.13. The third-order valence-electron chi connectivity index (χ3n) is 4.60. The largest absolute Gasteiger partial charge is 0.313 e. The number of aromatic nitrogens is 1. The molecule has 0 aliphatic heterocycles. The molecule has 0 atom stereocenters. The smallest absolute Gasteiger partial charge is 0.244 e. The summed E-state index contributed by atoms with van der Waals surface area (Å²) < 4.78 is 28.9. The average molecular weight is 405 g/mol. The van der Waals surface area contributed by atoms with Crippen LogP contribution in [0.1, 0.15) is 35.5 Å². The van der Waals surface area contributed by atoms with Crippen molar-refractivity contribution < 1.29 is 13.2 Å². The normalized spacial score (nSPS) is 12.0. The molecule has 0 aliphatic rings. The minimum absolute atomic E-state index is 0.0442. The summed E-state index contributed by atoms with van der Waals surface area (Å²) >= 11 is 6.17. The first-order valence-electron chi connectivity index (χ1n) is 8.72. The Kier molecular flexibility index (Phi) is 5.42. The van der Waals surface area contributed by atoms with E-state index in [1.165, 1.54) is 16.4 Å². The molecule has 0 N–H and O–H groups in total. The highest BCUT2D eigenvalue weighted by molar-refractivity contribution is 7.89. The lowest BCUT2D eigenvalue weighted by molar-refractivity contribution is 0.103. The van der Waals surface area contributed by atoms with Gasteiger partial charge in [0.1, 0.15) is 4.90 Å². The van der Waals surface area contributed by atoms with Crippen molar-refractivity contribution in [3.63, 3.8) is 0 Å². The first-order valence-corrected chi connectivity index (χ1v) is 10.5. The van der Waals surface area contributed by atoms with Gasteiger partial charge in [0.15, 0.2) is 0 Å². The van der Waals surface area contributed by atoms with Crippen LogP contribution in [-0.2, 0) is 10.0 Å². The van der Waals surface area contributed by atoms with Crippen LogP contribution in [0.25, 0.3) is 5.52 Å². The van der Waals surface area contributed by atoms with E-state index in [1.807, 2.05) is 41.8 Å². The highest BCUT2D eigenvalue weighted by Crippen LogP contribution is 2.28. The van der Waals surface area contributed by atoms with Crippen molar-refractivity contribution in [2.45, 2.75) is 25.7 Å². The fraction of sp³-hybridized carbons (Fsp3) is 0.250. The number of ketones is 1.